The van der Waals surface area contributed by atoms with E-state index in [2.05, 4.69) is 22.8 Å². The molecule has 0 radical (unpaired) electrons. The molecule has 0 atom stereocenters. The molecule has 20 rings (SSSR count). The molecule has 0 bridgehead atoms. The van der Waals surface area contributed by atoms with Crippen molar-refractivity contribution in [1.29, 1.82) is 0 Å². The second-order valence-corrected chi connectivity index (χ2v) is 26.2. The molecule has 0 aliphatic carbocycles. The molecule has 4 aromatic heterocycles. The first-order valence-electron chi connectivity index (χ1n) is 39.7. The van der Waals surface area contributed by atoms with Crippen molar-refractivity contribution in [2.75, 3.05) is 0 Å². The molecule has 93 heavy (non-hydrogen) atoms. The predicted octanol–water partition coefficient (Wildman–Crippen LogP) is 22.0. The van der Waals surface area contributed by atoms with E-state index in [0.717, 1.165) is 55.0 Å². The van der Waals surface area contributed by atoms with Gasteiger partial charge in [-0.1, -0.05) is 281 Å². The monoisotopic (exact) mass is 1220 g/mol. The number of benzene rings is 14. The van der Waals surface area contributed by atoms with E-state index in [0.29, 0.717) is 70.2 Å². The van der Waals surface area contributed by atoms with E-state index in [1.165, 1.54) is 4.57 Å². The summed E-state index contributed by atoms with van der Waals surface area (Å²) in [4.78, 5) is 0. The first kappa shape index (κ1) is 38.5. The maximum Gasteiger partial charge on any atom is 0.252 e. The van der Waals surface area contributed by atoms with Gasteiger partial charge in [0.2, 0.25) is 0 Å². The van der Waals surface area contributed by atoms with Crippen molar-refractivity contribution in [3.05, 3.63) is 302 Å². The summed E-state index contributed by atoms with van der Waals surface area (Å²) in [6.45, 7) is 4.42. The highest BCUT2D eigenvalue weighted by molar-refractivity contribution is 7.27. The minimum atomic E-state index is -1.50. The SMILES string of the molecule is [2H]c1c2c3c(c([2H])c1C(C)(C)C)-n1c4c(-c5ccccc5)cccc4c4ccccc4c4ccccc4c4c5sc6c([2H])c([2H])c([2H])c([2H])c6c5c([2H])c(c41)B3c1c([2H])c([2H])c(-n3c4c([2H])c([2H])c([2H])c([2H])c4c4c([2H])c([2H])c([2H])c([2H])c43)c3c4ccccc4c4ccccc4c4cccc(-c5ccccc5)c4n-2c13. The second kappa shape index (κ2) is 19.6. The van der Waals surface area contributed by atoms with E-state index in [1.54, 1.807) is 0 Å². The van der Waals surface area contributed by atoms with Gasteiger partial charge in [0.1, 0.15) is 0 Å². The second-order valence-electron chi connectivity index (χ2n) is 25.2. The molecular weight excluding hydrogens is 1140 g/mol. The third kappa shape index (κ3) is 7.37. The summed E-state index contributed by atoms with van der Waals surface area (Å²) in [5.74, 6) is 0. The van der Waals surface area contributed by atoms with Gasteiger partial charge in [-0.25, -0.2) is 0 Å². The fraction of sp³-hybridized carbons (Fsp3) is 0.0455. The molecule has 14 aromatic carbocycles. The molecule has 0 N–H and O–H groups in total. The van der Waals surface area contributed by atoms with Gasteiger partial charge in [-0.15, -0.1) is 11.3 Å². The van der Waals surface area contributed by atoms with E-state index < -0.39 is 84.6 Å². The minimum Gasteiger partial charge on any atom is -0.309 e. The van der Waals surface area contributed by atoms with Gasteiger partial charge in [-0.05, 0) is 118 Å². The Kier molecular flexibility index (Phi) is 8.12. The number of hydrogen-bond donors (Lipinski definition) is 0. The number of hydrogen-bond acceptors (Lipinski definition) is 1. The summed E-state index contributed by atoms with van der Waals surface area (Å²) in [6.07, 6.45) is 0. The molecule has 5 heteroatoms. The van der Waals surface area contributed by atoms with E-state index >= 15 is 0 Å². The molecule has 0 saturated carbocycles. The zero-order valence-corrected chi connectivity index (χ0v) is 51.1. The molecule has 0 fully saturated rings. The minimum absolute atomic E-state index is 0.0527. The van der Waals surface area contributed by atoms with Gasteiger partial charge in [0.25, 0.3) is 6.71 Å². The summed E-state index contributed by atoms with van der Waals surface area (Å²) in [5, 5.41) is 7.21. The molecule has 2 aliphatic heterocycles. The summed E-state index contributed by atoms with van der Waals surface area (Å²) in [7, 11) is 0. The first-order valence-corrected chi connectivity index (χ1v) is 32.0. The van der Waals surface area contributed by atoms with Crippen molar-refractivity contribution in [3.63, 3.8) is 0 Å². The van der Waals surface area contributed by atoms with Crippen LogP contribution in [0.4, 0.5) is 0 Å². The third-order valence-corrected chi connectivity index (χ3v) is 20.3. The number of thiophene rings is 1. The number of rotatable bonds is 3. The molecule has 0 amide bonds. The molecule has 0 spiro atoms. The van der Waals surface area contributed by atoms with Crippen LogP contribution < -0.4 is 16.4 Å². The Labute approximate surface area is 565 Å². The van der Waals surface area contributed by atoms with Crippen LogP contribution in [0.25, 0.3) is 168 Å². The first-order chi connectivity index (χ1) is 53.0. The zero-order chi connectivity index (χ0) is 76.2. The maximum atomic E-state index is 11.8. The van der Waals surface area contributed by atoms with Crippen molar-refractivity contribution >= 4 is 163 Å². The smallest absolute Gasteiger partial charge is 0.252 e. The van der Waals surface area contributed by atoms with Crippen LogP contribution in [-0.2, 0) is 5.41 Å². The summed E-state index contributed by atoms with van der Waals surface area (Å²) >= 11 is 1.15. The lowest BCUT2D eigenvalue weighted by Crippen LogP contribution is -2.60. The molecule has 0 saturated heterocycles. The standard InChI is InChI=1S/C88H58BN3S/c1-88(2,3)55-50-77-82-78(51-55)92-84-57(54-28-8-5-9-29-54)42-25-44-70(84)63-35-13-11-31-59(63)61-33-15-17-40-68(61)81-86(92)73(52-71-66-38-20-23-47-79(66)93-87(71)81)89(82)72-48-49-76(90-74-45-21-18-36-64(74)65-37-19-22-46-75(65)90)80-67-39-16-14-32-60(67)58-30-10-12-34-62(58)69-43-24-41-56(53-26-6-4-7-27-53)83(69)91(77)85(72)80/h4-52H,1-3H3/i18D,19D,20D,21D,22D,23D,36D,37D,38D,45D,46D,47D,48D,49D,50D,51D,52D. The van der Waals surface area contributed by atoms with Crippen LogP contribution in [-0.4, -0.2) is 20.4 Å². The Morgan fingerprint density at radius 2 is 0.763 bits per heavy atom. The van der Waals surface area contributed by atoms with Crippen LogP contribution in [0.1, 0.15) is 49.6 Å². The molecule has 434 valence electrons. The number of nitrogens with zero attached hydrogens (tertiary/aromatic N) is 3. The lowest BCUT2D eigenvalue weighted by atomic mass is 9.34. The van der Waals surface area contributed by atoms with E-state index in [9.17, 15) is 23.3 Å². The van der Waals surface area contributed by atoms with E-state index in [1.807, 2.05) is 201 Å². The average Bonchev–Trinajstić information content (AvgIpc) is 1.10. The van der Waals surface area contributed by atoms with Crippen LogP contribution in [0.15, 0.2) is 297 Å². The Morgan fingerprint density at radius 3 is 1.29 bits per heavy atom. The van der Waals surface area contributed by atoms with Gasteiger partial charge < -0.3 is 13.7 Å². The van der Waals surface area contributed by atoms with Gasteiger partial charge in [0.15, 0.2) is 0 Å². The zero-order valence-electron chi connectivity index (χ0n) is 67.3. The van der Waals surface area contributed by atoms with Gasteiger partial charge in [0.05, 0.1) is 62.1 Å². The highest BCUT2D eigenvalue weighted by Gasteiger charge is 2.42. The fourth-order valence-corrected chi connectivity index (χ4v) is 16.5. The summed E-state index contributed by atoms with van der Waals surface area (Å²) in [5.41, 5.74) is 4.00. The number of aromatic nitrogens is 3. The molecular formula is C88H58BN3S. The van der Waals surface area contributed by atoms with E-state index in [4.69, 9.17) is 0 Å². The van der Waals surface area contributed by atoms with Gasteiger partial charge in [-0.3, -0.25) is 0 Å². The van der Waals surface area contributed by atoms with Crippen LogP contribution >= 0.6 is 11.3 Å². The summed E-state index contributed by atoms with van der Waals surface area (Å²) < 4.78 is 180. The lowest BCUT2D eigenvalue weighted by Gasteiger charge is -2.38. The Balaban J connectivity index is 1.21. The molecule has 0 unspecified atom stereocenters. The van der Waals surface area contributed by atoms with Crippen LogP contribution in [0.5, 0.6) is 0 Å². The van der Waals surface area contributed by atoms with Crippen molar-refractivity contribution in [2.24, 2.45) is 0 Å². The normalized spacial score (nSPS) is 15.2. The Bertz CT molecular complexity index is 7470. The Morgan fingerprint density at radius 1 is 0.333 bits per heavy atom. The summed E-state index contributed by atoms with van der Waals surface area (Å²) in [6, 6.07) is 55.0. The molecule has 2 aliphatic rings. The number of fused-ring (bicyclic) bond motifs is 25. The largest absolute Gasteiger partial charge is 0.309 e. The van der Waals surface area contributed by atoms with Gasteiger partial charge >= 0.3 is 0 Å². The van der Waals surface area contributed by atoms with Crippen molar-refractivity contribution in [1.82, 2.24) is 13.7 Å². The van der Waals surface area contributed by atoms with Gasteiger partial charge in [-0.2, -0.15) is 0 Å². The average molecular weight is 1220 g/mol. The van der Waals surface area contributed by atoms with Crippen LogP contribution in [0, 0.1) is 0 Å². The third-order valence-electron chi connectivity index (χ3n) is 19.2. The molecule has 18 aromatic rings. The Hall–Kier alpha value is -11.2. The van der Waals surface area contributed by atoms with Crippen LogP contribution in [0.2, 0.25) is 0 Å². The van der Waals surface area contributed by atoms with Gasteiger partial charge in [0, 0.05) is 75.0 Å². The maximum absolute atomic E-state index is 11.8. The van der Waals surface area contributed by atoms with Crippen LogP contribution in [0.3, 0.4) is 0 Å². The van der Waals surface area contributed by atoms with Crippen molar-refractivity contribution < 1.29 is 23.3 Å². The topological polar surface area (TPSA) is 14.8 Å². The highest BCUT2D eigenvalue weighted by atomic mass is 32.1. The predicted molar refractivity (Wildman–Crippen MR) is 402 cm³/mol. The van der Waals surface area contributed by atoms with Crippen molar-refractivity contribution in [2.45, 2.75) is 26.2 Å². The van der Waals surface area contributed by atoms with E-state index in [-0.39, 0.29) is 106 Å². The fourth-order valence-electron chi connectivity index (χ4n) is 15.3. The quantitative estimate of drug-likeness (QED) is 0.157. The lowest BCUT2D eigenvalue weighted by molar-refractivity contribution is 0.589. The molecule has 6 heterocycles. The highest BCUT2D eigenvalue weighted by Crippen LogP contribution is 2.49. The molecule has 3 nitrogen and oxygen atoms in total. The number of para-hydroxylation sites is 4. The van der Waals surface area contributed by atoms with Crippen molar-refractivity contribution in [3.8, 4) is 39.3 Å².